The van der Waals surface area contributed by atoms with E-state index in [1.165, 1.54) is 20.8 Å². The molecule has 0 aromatic heterocycles. The number of carbonyl (C=O) groups excluding carboxylic acids is 3. The zero-order chi connectivity index (χ0) is 15.5. The van der Waals surface area contributed by atoms with E-state index in [0.29, 0.717) is 0 Å². The van der Waals surface area contributed by atoms with E-state index in [9.17, 15) is 29.7 Å². The summed E-state index contributed by atoms with van der Waals surface area (Å²) in [6.45, 7) is 13.4. The molecule has 0 fully saturated rings. The first-order chi connectivity index (χ1) is 7.93. The third-order valence-electron chi connectivity index (χ3n) is 1.05. The number of carboxylic acid groups (broad SMARTS) is 3. The molecule has 0 aliphatic heterocycles. The maximum absolute atomic E-state index is 9.49. The van der Waals surface area contributed by atoms with Gasteiger partial charge in [-0.25, -0.2) is 0 Å². The van der Waals surface area contributed by atoms with Gasteiger partial charge in [-0.2, -0.15) is 0 Å². The summed E-state index contributed by atoms with van der Waals surface area (Å²) < 4.78 is 0. The minimum absolute atomic E-state index is 0. The molecule has 0 aliphatic rings. The summed E-state index contributed by atoms with van der Waals surface area (Å²) in [5.41, 5.74) is 0.194. The van der Waals surface area contributed by atoms with Gasteiger partial charge in [0, 0.05) is 0 Å². The number of hydrogen-bond acceptors (Lipinski definition) is 6. The number of carbonyl (C=O) groups is 3. The molecule has 0 N–H and O–H groups in total. The van der Waals surface area contributed by atoms with Crippen LogP contribution in [-0.2, 0) is 14.4 Å². The van der Waals surface area contributed by atoms with Gasteiger partial charge in [0.05, 0.1) is 17.9 Å². The van der Waals surface area contributed by atoms with E-state index in [-0.39, 0.29) is 25.1 Å². The van der Waals surface area contributed by atoms with E-state index in [1.807, 2.05) is 0 Å². The number of hydrogen-bond donors (Lipinski definition) is 0. The second kappa shape index (κ2) is 13.8. The Balaban J connectivity index is -0.0000000865. The summed E-state index contributed by atoms with van der Waals surface area (Å²) in [7, 11) is 0. The van der Waals surface area contributed by atoms with Gasteiger partial charge in [0.25, 0.3) is 0 Å². The largest absolute Gasteiger partial charge is 3.00 e. The zero-order valence-electron chi connectivity index (χ0n) is 11.1. The summed E-state index contributed by atoms with van der Waals surface area (Å²) in [6.07, 6.45) is 0. The van der Waals surface area contributed by atoms with Crippen LogP contribution in [0, 0.1) is 0 Å². The molecule has 0 atom stereocenters. The van der Waals surface area contributed by atoms with E-state index < -0.39 is 17.9 Å². The van der Waals surface area contributed by atoms with Crippen molar-refractivity contribution in [2.75, 3.05) is 0 Å². The monoisotopic (exact) mass is 266 g/mol. The van der Waals surface area contributed by atoms with Crippen molar-refractivity contribution < 1.29 is 29.7 Å². The van der Waals surface area contributed by atoms with Gasteiger partial charge in [0.15, 0.2) is 0 Å². The molecule has 0 spiro atoms. The molecule has 0 aliphatic carbocycles. The Kier molecular flexibility index (Phi) is 18.5. The average molecular weight is 266 g/mol. The molecule has 0 rings (SSSR count). The fraction of sp³-hybridized carbons (Fsp3) is 0.250. The van der Waals surface area contributed by atoms with Crippen LogP contribution in [0.4, 0.5) is 0 Å². The van der Waals surface area contributed by atoms with Crippen molar-refractivity contribution in [3.05, 3.63) is 36.5 Å². The van der Waals surface area contributed by atoms with Crippen LogP contribution in [-0.4, -0.2) is 26.3 Å². The van der Waals surface area contributed by atoms with Gasteiger partial charge < -0.3 is 29.7 Å². The predicted molar refractivity (Wildman–Crippen MR) is 65.2 cm³/mol. The Morgan fingerprint density at radius 3 is 0.684 bits per heavy atom. The quantitative estimate of drug-likeness (QED) is 0.413. The maximum atomic E-state index is 9.49. The Labute approximate surface area is 114 Å². The van der Waals surface area contributed by atoms with Crippen molar-refractivity contribution in [2.45, 2.75) is 20.8 Å². The van der Waals surface area contributed by atoms with Gasteiger partial charge in [-0.1, -0.05) is 19.7 Å². The van der Waals surface area contributed by atoms with Gasteiger partial charge in [-0.05, 0) is 37.5 Å². The Bertz CT molecular complexity index is 277. The maximum Gasteiger partial charge on any atom is 3.00 e. The SMILES string of the molecule is C=C(C)C(=O)[O-].C=C(C)C(=O)[O-].C=C(C)C(=O)[O-].[B+3]. The predicted octanol–water partition coefficient (Wildman–Crippen LogP) is -2.44. The summed E-state index contributed by atoms with van der Waals surface area (Å²) >= 11 is 0. The topological polar surface area (TPSA) is 120 Å². The van der Waals surface area contributed by atoms with Crippen LogP contribution in [0.1, 0.15) is 20.8 Å². The minimum atomic E-state index is -1.19. The molecule has 0 saturated carbocycles. The van der Waals surface area contributed by atoms with E-state index >= 15 is 0 Å². The standard InChI is InChI=1S/3C4H6O2.B/c3*1-3(2)4(5)6;/h3*1H2,2H3,(H,5,6);/q;;;+3/p-3. The Morgan fingerprint density at radius 1 is 0.632 bits per heavy atom. The van der Waals surface area contributed by atoms with Crippen LogP contribution in [0.2, 0.25) is 0 Å². The van der Waals surface area contributed by atoms with Crippen molar-refractivity contribution in [3.8, 4) is 0 Å². The molecule has 102 valence electrons. The molecule has 0 bridgehead atoms. The molecule has 0 amide bonds. The van der Waals surface area contributed by atoms with Crippen molar-refractivity contribution in [1.82, 2.24) is 0 Å². The van der Waals surface area contributed by atoms with Crippen molar-refractivity contribution in [2.24, 2.45) is 0 Å². The van der Waals surface area contributed by atoms with Crippen LogP contribution in [0.5, 0.6) is 0 Å². The number of carboxylic acids is 3. The first kappa shape index (κ1) is 25.5. The molecular weight excluding hydrogens is 251 g/mol. The summed E-state index contributed by atoms with van der Waals surface area (Å²) in [5.74, 6) is -3.56. The fourth-order valence-electron chi connectivity index (χ4n) is 0. The summed E-state index contributed by atoms with van der Waals surface area (Å²) in [6, 6.07) is 0. The van der Waals surface area contributed by atoms with Gasteiger partial charge >= 0.3 is 8.41 Å². The first-order valence-corrected chi connectivity index (χ1v) is 4.54. The van der Waals surface area contributed by atoms with Crippen molar-refractivity contribution >= 4 is 26.3 Å². The van der Waals surface area contributed by atoms with Gasteiger partial charge in [-0.3, -0.25) is 0 Å². The molecule has 0 heterocycles. The number of rotatable bonds is 3. The molecule has 19 heavy (non-hydrogen) atoms. The van der Waals surface area contributed by atoms with Crippen LogP contribution in [0.3, 0.4) is 0 Å². The molecular formula is C12H15BO6. The zero-order valence-corrected chi connectivity index (χ0v) is 11.1. The smallest absolute Gasteiger partial charge is 0.545 e. The molecule has 0 saturated heterocycles. The molecule has 0 aromatic rings. The summed E-state index contributed by atoms with van der Waals surface area (Å²) in [4.78, 5) is 28.5. The van der Waals surface area contributed by atoms with Crippen LogP contribution in [0.25, 0.3) is 0 Å². The average Bonchev–Trinajstić information content (AvgIpc) is 2.18. The van der Waals surface area contributed by atoms with Gasteiger partial charge in [0.1, 0.15) is 0 Å². The first-order valence-electron chi connectivity index (χ1n) is 4.54. The third kappa shape index (κ3) is 31.3. The molecule has 0 unspecified atom stereocenters. The number of aliphatic carboxylic acids is 3. The van der Waals surface area contributed by atoms with E-state index in [0.717, 1.165) is 0 Å². The van der Waals surface area contributed by atoms with Gasteiger partial charge in [-0.15, -0.1) is 0 Å². The second-order valence-electron chi connectivity index (χ2n) is 3.20. The van der Waals surface area contributed by atoms with Crippen LogP contribution in [0.15, 0.2) is 36.5 Å². The molecule has 0 radical (unpaired) electrons. The second-order valence-corrected chi connectivity index (χ2v) is 3.20. The van der Waals surface area contributed by atoms with Crippen molar-refractivity contribution in [1.29, 1.82) is 0 Å². The Morgan fingerprint density at radius 2 is 0.684 bits per heavy atom. The summed E-state index contributed by atoms with van der Waals surface area (Å²) in [5, 5.41) is 28.5. The molecule has 6 nitrogen and oxygen atoms in total. The fourth-order valence-corrected chi connectivity index (χ4v) is 0. The normalized spacial score (nSPS) is 7.11. The third-order valence-corrected chi connectivity index (χ3v) is 1.05. The van der Waals surface area contributed by atoms with Crippen molar-refractivity contribution in [3.63, 3.8) is 0 Å². The van der Waals surface area contributed by atoms with Gasteiger partial charge in [0.2, 0.25) is 0 Å². The van der Waals surface area contributed by atoms with E-state index in [1.54, 1.807) is 0 Å². The van der Waals surface area contributed by atoms with E-state index in [2.05, 4.69) is 19.7 Å². The Hall–Kier alpha value is -2.31. The van der Waals surface area contributed by atoms with Crippen LogP contribution < -0.4 is 15.3 Å². The van der Waals surface area contributed by atoms with Crippen LogP contribution >= 0.6 is 0 Å². The molecule has 0 aromatic carbocycles. The van der Waals surface area contributed by atoms with E-state index in [4.69, 9.17) is 0 Å². The molecule has 7 heteroatoms. The minimum Gasteiger partial charge on any atom is -0.545 e.